The molecule has 0 radical (unpaired) electrons. The third-order valence-electron chi connectivity index (χ3n) is 7.48. The van der Waals surface area contributed by atoms with Gasteiger partial charge in [0.15, 0.2) is 0 Å². The topological polar surface area (TPSA) is 44.3 Å². The van der Waals surface area contributed by atoms with Crippen LogP contribution in [0, 0.1) is 0 Å². The maximum atomic E-state index is 11.4. The lowest BCUT2D eigenvalue weighted by Gasteiger charge is -2.29. The first kappa shape index (κ1) is 25.4. The van der Waals surface area contributed by atoms with E-state index in [0.29, 0.717) is 6.54 Å². The number of nitrogens with one attached hydrogen (secondary N) is 2. The summed E-state index contributed by atoms with van der Waals surface area (Å²) in [4.78, 5) is 0. The molecule has 2 atom stereocenters. The number of aliphatic hydroxyl groups excluding tert-OH is 1. The maximum Gasteiger partial charge on any atom is 0.0820 e. The lowest BCUT2D eigenvalue weighted by Crippen LogP contribution is -2.47. The Balaban J connectivity index is 1.31. The van der Waals surface area contributed by atoms with Crippen molar-refractivity contribution in [1.29, 1.82) is 0 Å². The second kappa shape index (κ2) is 11.0. The normalized spacial score (nSPS) is 14.7. The minimum Gasteiger partial charge on any atom is -0.390 e. The largest absolute Gasteiger partial charge is 0.390 e. The predicted octanol–water partition coefficient (Wildman–Crippen LogP) is 6.41. The first-order chi connectivity index (χ1) is 17.9. The van der Waals surface area contributed by atoms with Crippen LogP contribution in [0.4, 0.5) is 0 Å². The van der Waals surface area contributed by atoms with Crippen LogP contribution in [0.5, 0.6) is 0 Å². The minimum absolute atomic E-state index is 0.0562. The second-order valence-corrected chi connectivity index (χ2v) is 11.2. The van der Waals surface area contributed by atoms with Crippen molar-refractivity contribution >= 4 is 0 Å². The molecule has 190 valence electrons. The van der Waals surface area contributed by atoms with Crippen LogP contribution in [0.2, 0.25) is 0 Å². The molecular weight excluding hydrogens is 452 g/mol. The molecule has 0 saturated carbocycles. The van der Waals surface area contributed by atoms with Gasteiger partial charge in [0, 0.05) is 19.1 Å². The lowest BCUT2D eigenvalue weighted by atomic mass is 9.87. The number of hydrogen-bond acceptors (Lipinski definition) is 3. The minimum atomic E-state index is -0.547. The number of benzene rings is 4. The van der Waals surface area contributed by atoms with Crippen molar-refractivity contribution in [2.75, 3.05) is 6.54 Å². The highest BCUT2D eigenvalue weighted by Crippen LogP contribution is 2.43. The summed E-state index contributed by atoms with van der Waals surface area (Å²) in [5, 5.41) is 18.8. The van der Waals surface area contributed by atoms with E-state index in [1.165, 1.54) is 38.9 Å². The van der Waals surface area contributed by atoms with E-state index in [2.05, 4.69) is 128 Å². The van der Waals surface area contributed by atoms with Gasteiger partial charge >= 0.3 is 0 Å². The zero-order chi connectivity index (χ0) is 25.8. The molecule has 4 aromatic rings. The summed E-state index contributed by atoms with van der Waals surface area (Å²) in [6, 6.07) is 36.4. The average molecular weight is 491 g/mol. The maximum absolute atomic E-state index is 11.4. The quantitative estimate of drug-likeness (QED) is 0.254. The molecule has 5 rings (SSSR count). The molecule has 3 N–H and O–H groups in total. The predicted molar refractivity (Wildman–Crippen MR) is 154 cm³/mol. The van der Waals surface area contributed by atoms with E-state index >= 15 is 0 Å². The molecule has 1 aliphatic carbocycles. The van der Waals surface area contributed by atoms with Crippen molar-refractivity contribution < 1.29 is 5.11 Å². The smallest absolute Gasteiger partial charge is 0.0820 e. The van der Waals surface area contributed by atoms with Crippen LogP contribution in [-0.2, 0) is 18.4 Å². The Labute approximate surface area is 221 Å². The number of hydrogen-bond donors (Lipinski definition) is 3. The van der Waals surface area contributed by atoms with Crippen molar-refractivity contribution in [2.45, 2.75) is 57.3 Å². The molecule has 0 aliphatic heterocycles. The van der Waals surface area contributed by atoms with Crippen LogP contribution in [0.1, 0.15) is 54.6 Å². The van der Waals surface area contributed by atoms with E-state index in [0.717, 1.165) is 13.0 Å². The van der Waals surface area contributed by atoms with Gasteiger partial charge in [0.1, 0.15) is 0 Å². The van der Waals surface area contributed by atoms with Crippen LogP contribution < -0.4 is 10.6 Å². The van der Waals surface area contributed by atoms with Crippen molar-refractivity contribution in [3.05, 3.63) is 131 Å². The van der Waals surface area contributed by atoms with Gasteiger partial charge < -0.3 is 15.7 Å². The van der Waals surface area contributed by atoms with Crippen LogP contribution >= 0.6 is 0 Å². The van der Waals surface area contributed by atoms with Gasteiger partial charge in [-0.25, -0.2) is 0 Å². The summed E-state index contributed by atoms with van der Waals surface area (Å²) >= 11 is 0. The fourth-order valence-corrected chi connectivity index (χ4v) is 5.35. The van der Waals surface area contributed by atoms with E-state index < -0.39 is 6.10 Å². The van der Waals surface area contributed by atoms with Gasteiger partial charge in [-0.05, 0) is 50.8 Å². The average Bonchev–Trinajstić information content (AvgIpc) is 3.22. The Hall–Kier alpha value is -3.24. The molecular formula is C34H38N2O. The van der Waals surface area contributed by atoms with E-state index in [-0.39, 0.29) is 17.5 Å². The van der Waals surface area contributed by atoms with E-state index in [4.69, 9.17) is 0 Å². The van der Waals surface area contributed by atoms with Gasteiger partial charge in [-0.2, -0.15) is 0 Å². The third-order valence-corrected chi connectivity index (χ3v) is 7.48. The van der Waals surface area contributed by atoms with Crippen LogP contribution in [0.15, 0.2) is 103 Å². The van der Waals surface area contributed by atoms with Gasteiger partial charge in [-0.1, -0.05) is 124 Å². The Morgan fingerprint density at radius 3 is 1.86 bits per heavy atom. The van der Waals surface area contributed by atoms with Crippen molar-refractivity contribution in [3.63, 3.8) is 0 Å². The van der Waals surface area contributed by atoms with Gasteiger partial charge in [0.05, 0.1) is 12.1 Å². The highest BCUT2D eigenvalue weighted by atomic mass is 16.3. The fraction of sp³-hybridized carbons (Fsp3) is 0.294. The summed E-state index contributed by atoms with van der Waals surface area (Å²) in [6.45, 7) is 7.95. The highest BCUT2D eigenvalue weighted by molar-refractivity contribution is 5.78. The van der Waals surface area contributed by atoms with Gasteiger partial charge in [0.2, 0.25) is 0 Å². The SMILES string of the molecule is CC(C)(C)c1ccc(CNC[C@H](O)[C@H](Cc2ccccc2)NC2c3ccccc3-c3ccccc32)cc1. The Kier molecular flexibility index (Phi) is 7.57. The molecule has 0 fully saturated rings. The van der Waals surface area contributed by atoms with Gasteiger partial charge in [-0.3, -0.25) is 0 Å². The monoisotopic (exact) mass is 490 g/mol. The van der Waals surface area contributed by atoms with Crippen molar-refractivity contribution in [2.24, 2.45) is 0 Å². The molecule has 0 heterocycles. The number of aliphatic hydroxyl groups is 1. The third kappa shape index (κ3) is 5.86. The fourth-order valence-electron chi connectivity index (χ4n) is 5.35. The molecule has 3 nitrogen and oxygen atoms in total. The summed E-state index contributed by atoms with van der Waals surface area (Å²) in [5.74, 6) is 0. The van der Waals surface area contributed by atoms with Crippen molar-refractivity contribution in [1.82, 2.24) is 10.6 Å². The first-order valence-electron chi connectivity index (χ1n) is 13.4. The second-order valence-electron chi connectivity index (χ2n) is 11.2. The molecule has 0 saturated heterocycles. The van der Waals surface area contributed by atoms with Gasteiger partial charge in [0.25, 0.3) is 0 Å². The van der Waals surface area contributed by atoms with Crippen LogP contribution in [-0.4, -0.2) is 23.8 Å². The number of rotatable bonds is 9. The molecule has 0 amide bonds. The standard InChI is InChI=1S/C34H38N2O/c1-34(2,3)26-19-17-25(18-20-26)22-35-23-32(37)31(21-24-11-5-4-6-12-24)36-33-29-15-9-7-13-27(29)28-14-8-10-16-30(28)33/h4-20,31-33,35-37H,21-23H2,1-3H3/t31-,32-/m0/s1. The van der Waals surface area contributed by atoms with Gasteiger partial charge in [-0.15, -0.1) is 0 Å². The molecule has 0 aromatic heterocycles. The zero-order valence-electron chi connectivity index (χ0n) is 22.1. The summed E-state index contributed by atoms with van der Waals surface area (Å²) in [5.41, 5.74) is 9.04. The lowest BCUT2D eigenvalue weighted by molar-refractivity contribution is 0.120. The summed E-state index contributed by atoms with van der Waals surface area (Å²) < 4.78 is 0. The Morgan fingerprint density at radius 1 is 0.703 bits per heavy atom. The van der Waals surface area contributed by atoms with Crippen LogP contribution in [0.3, 0.4) is 0 Å². The Morgan fingerprint density at radius 2 is 1.27 bits per heavy atom. The van der Waals surface area contributed by atoms with Crippen molar-refractivity contribution in [3.8, 4) is 11.1 Å². The van der Waals surface area contributed by atoms with E-state index in [1.54, 1.807) is 0 Å². The Bertz CT molecular complexity index is 1260. The van der Waals surface area contributed by atoms with Crippen LogP contribution in [0.25, 0.3) is 11.1 Å². The van der Waals surface area contributed by atoms with E-state index in [1.807, 2.05) is 6.07 Å². The highest BCUT2D eigenvalue weighted by Gasteiger charge is 2.31. The summed E-state index contributed by atoms with van der Waals surface area (Å²) in [6.07, 6.45) is 0.208. The molecule has 3 heteroatoms. The molecule has 0 bridgehead atoms. The molecule has 37 heavy (non-hydrogen) atoms. The molecule has 0 spiro atoms. The molecule has 4 aromatic carbocycles. The van der Waals surface area contributed by atoms with E-state index in [9.17, 15) is 5.11 Å². The number of fused-ring (bicyclic) bond motifs is 3. The first-order valence-corrected chi connectivity index (χ1v) is 13.4. The zero-order valence-corrected chi connectivity index (χ0v) is 22.1. The molecule has 0 unspecified atom stereocenters. The summed E-state index contributed by atoms with van der Waals surface area (Å²) in [7, 11) is 0. The molecule has 1 aliphatic rings.